The van der Waals surface area contributed by atoms with E-state index in [1.54, 1.807) is 17.5 Å². The highest BCUT2D eigenvalue weighted by Gasteiger charge is 2.16. The van der Waals surface area contributed by atoms with Crippen LogP contribution >= 0.6 is 11.3 Å². The maximum atomic E-state index is 4.74. The normalized spacial score (nSPS) is 11.0. The standard InChI is InChI=1S/C16H14N6S/c1-10-7-12(11(2)22(10)16-18-9-19-21-16)14-8-23-15(20-14)13-5-3-4-6-17-13/h3-9H,1-2H3,(H,18,19,21). The molecule has 0 aliphatic heterocycles. The molecule has 0 bridgehead atoms. The van der Waals surface area contributed by atoms with Crippen molar-refractivity contribution in [2.45, 2.75) is 13.8 Å². The highest BCUT2D eigenvalue weighted by atomic mass is 32.1. The first-order chi connectivity index (χ1) is 11.2. The molecule has 6 nitrogen and oxygen atoms in total. The third-order valence-corrected chi connectivity index (χ3v) is 4.57. The van der Waals surface area contributed by atoms with E-state index >= 15 is 0 Å². The molecule has 0 radical (unpaired) electrons. The molecule has 0 aliphatic carbocycles. The SMILES string of the molecule is Cc1cc(-c2csc(-c3ccccn3)n2)c(C)n1-c1ncn[nH]1. The van der Waals surface area contributed by atoms with Gasteiger partial charge in [0.25, 0.3) is 0 Å². The second-order valence-electron chi connectivity index (χ2n) is 5.18. The van der Waals surface area contributed by atoms with Gasteiger partial charge in [-0.05, 0) is 32.0 Å². The molecule has 7 heteroatoms. The van der Waals surface area contributed by atoms with Crippen molar-refractivity contribution in [2.24, 2.45) is 0 Å². The molecule has 4 heterocycles. The minimum atomic E-state index is 0.714. The van der Waals surface area contributed by atoms with Gasteiger partial charge in [0.2, 0.25) is 5.95 Å². The molecule has 0 saturated heterocycles. The number of rotatable bonds is 3. The summed E-state index contributed by atoms with van der Waals surface area (Å²) >= 11 is 1.60. The summed E-state index contributed by atoms with van der Waals surface area (Å²) in [5.74, 6) is 0.714. The lowest BCUT2D eigenvalue weighted by Crippen LogP contribution is -2.01. The van der Waals surface area contributed by atoms with Crippen LogP contribution < -0.4 is 0 Å². The molecular formula is C16H14N6S. The average Bonchev–Trinajstić information content (AvgIpc) is 3.29. The van der Waals surface area contributed by atoms with Gasteiger partial charge < -0.3 is 0 Å². The number of aryl methyl sites for hydroxylation is 1. The Hall–Kier alpha value is -2.80. The van der Waals surface area contributed by atoms with Gasteiger partial charge in [-0.3, -0.25) is 9.55 Å². The van der Waals surface area contributed by atoms with E-state index in [0.29, 0.717) is 5.95 Å². The maximum Gasteiger partial charge on any atom is 0.229 e. The Kier molecular flexibility index (Phi) is 3.27. The summed E-state index contributed by atoms with van der Waals surface area (Å²) in [5, 5.41) is 9.82. The zero-order chi connectivity index (χ0) is 15.8. The number of aromatic nitrogens is 6. The number of pyridine rings is 1. The van der Waals surface area contributed by atoms with Crippen LogP contribution in [0.15, 0.2) is 42.2 Å². The Morgan fingerprint density at radius 1 is 1.13 bits per heavy atom. The quantitative estimate of drug-likeness (QED) is 0.627. The van der Waals surface area contributed by atoms with Crippen LogP contribution in [0.25, 0.3) is 27.9 Å². The number of thiazole rings is 1. The van der Waals surface area contributed by atoms with Crippen LogP contribution in [0.4, 0.5) is 0 Å². The first kappa shape index (κ1) is 13.8. The van der Waals surface area contributed by atoms with Crippen LogP contribution in [0.3, 0.4) is 0 Å². The monoisotopic (exact) mass is 322 g/mol. The maximum absolute atomic E-state index is 4.74. The fourth-order valence-electron chi connectivity index (χ4n) is 2.66. The predicted molar refractivity (Wildman–Crippen MR) is 89.5 cm³/mol. The number of hydrogen-bond acceptors (Lipinski definition) is 5. The molecule has 0 atom stereocenters. The molecular weight excluding hydrogens is 308 g/mol. The second-order valence-corrected chi connectivity index (χ2v) is 6.04. The summed E-state index contributed by atoms with van der Waals surface area (Å²) in [6, 6.07) is 7.97. The van der Waals surface area contributed by atoms with Gasteiger partial charge in [0.05, 0.1) is 11.4 Å². The van der Waals surface area contributed by atoms with Crippen molar-refractivity contribution >= 4 is 11.3 Å². The van der Waals surface area contributed by atoms with E-state index < -0.39 is 0 Å². The molecule has 0 saturated carbocycles. The number of hydrogen-bond donors (Lipinski definition) is 1. The van der Waals surface area contributed by atoms with Crippen LogP contribution in [0.2, 0.25) is 0 Å². The smallest absolute Gasteiger partial charge is 0.229 e. The fourth-order valence-corrected chi connectivity index (χ4v) is 3.45. The van der Waals surface area contributed by atoms with Crippen LogP contribution in [0.5, 0.6) is 0 Å². The first-order valence-corrected chi connectivity index (χ1v) is 8.04. The summed E-state index contributed by atoms with van der Waals surface area (Å²) in [4.78, 5) is 13.3. The second kappa shape index (κ2) is 5.44. The number of nitrogens with zero attached hydrogens (tertiary/aromatic N) is 5. The van der Waals surface area contributed by atoms with E-state index in [0.717, 1.165) is 33.3 Å². The molecule has 0 aliphatic rings. The minimum Gasteiger partial charge on any atom is -0.287 e. The molecule has 4 aromatic heterocycles. The summed E-state index contributed by atoms with van der Waals surface area (Å²) < 4.78 is 2.04. The van der Waals surface area contributed by atoms with Crippen LogP contribution in [0, 0.1) is 13.8 Å². The number of aromatic amines is 1. The van der Waals surface area contributed by atoms with Gasteiger partial charge in [0.15, 0.2) is 0 Å². The van der Waals surface area contributed by atoms with Crippen molar-refractivity contribution in [3.8, 4) is 27.9 Å². The van der Waals surface area contributed by atoms with Crippen LogP contribution in [-0.4, -0.2) is 29.7 Å². The Morgan fingerprint density at radius 3 is 2.78 bits per heavy atom. The van der Waals surface area contributed by atoms with Gasteiger partial charge in [0, 0.05) is 28.5 Å². The van der Waals surface area contributed by atoms with E-state index in [1.165, 1.54) is 6.33 Å². The van der Waals surface area contributed by atoms with E-state index in [9.17, 15) is 0 Å². The molecule has 0 aromatic carbocycles. The first-order valence-electron chi connectivity index (χ1n) is 7.16. The Labute approximate surface area is 136 Å². The van der Waals surface area contributed by atoms with Gasteiger partial charge >= 0.3 is 0 Å². The van der Waals surface area contributed by atoms with Gasteiger partial charge in [-0.2, -0.15) is 10.1 Å². The zero-order valence-corrected chi connectivity index (χ0v) is 13.5. The van der Waals surface area contributed by atoms with E-state index in [1.807, 2.05) is 29.7 Å². The van der Waals surface area contributed by atoms with Gasteiger partial charge in [-0.1, -0.05) is 6.07 Å². The molecule has 114 valence electrons. The Balaban J connectivity index is 1.78. The van der Waals surface area contributed by atoms with Crippen molar-refractivity contribution in [3.05, 3.63) is 53.6 Å². The van der Waals surface area contributed by atoms with Crippen molar-refractivity contribution in [1.82, 2.24) is 29.7 Å². The van der Waals surface area contributed by atoms with Crippen molar-refractivity contribution < 1.29 is 0 Å². The molecule has 4 aromatic rings. The third kappa shape index (κ3) is 2.35. The molecule has 1 N–H and O–H groups in total. The van der Waals surface area contributed by atoms with Crippen LogP contribution in [-0.2, 0) is 0 Å². The highest BCUT2D eigenvalue weighted by molar-refractivity contribution is 7.13. The van der Waals surface area contributed by atoms with E-state index in [2.05, 4.69) is 38.5 Å². The lowest BCUT2D eigenvalue weighted by atomic mass is 10.2. The zero-order valence-electron chi connectivity index (χ0n) is 12.7. The lowest BCUT2D eigenvalue weighted by Gasteiger charge is -2.04. The van der Waals surface area contributed by atoms with Crippen LogP contribution in [0.1, 0.15) is 11.4 Å². The van der Waals surface area contributed by atoms with Crippen molar-refractivity contribution in [3.63, 3.8) is 0 Å². The van der Waals surface area contributed by atoms with Gasteiger partial charge in [-0.15, -0.1) is 11.3 Å². The number of nitrogens with one attached hydrogen (secondary N) is 1. The minimum absolute atomic E-state index is 0.714. The fraction of sp³-hybridized carbons (Fsp3) is 0.125. The molecule has 23 heavy (non-hydrogen) atoms. The molecule has 0 amide bonds. The Bertz CT molecular complexity index is 937. The largest absolute Gasteiger partial charge is 0.287 e. The highest BCUT2D eigenvalue weighted by Crippen LogP contribution is 2.32. The summed E-state index contributed by atoms with van der Waals surface area (Å²) in [5.41, 5.74) is 5.11. The molecule has 0 fully saturated rings. The molecule has 4 rings (SSSR count). The van der Waals surface area contributed by atoms with Crippen molar-refractivity contribution in [1.29, 1.82) is 0 Å². The Morgan fingerprint density at radius 2 is 2.04 bits per heavy atom. The number of H-pyrrole nitrogens is 1. The summed E-state index contributed by atoms with van der Waals surface area (Å²) in [6.45, 7) is 4.11. The van der Waals surface area contributed by atoms with Gasteiger partial charge in [-0.25, -0.2) is 10.1 Å². The lowest BCUT2D eigenvalue weighted by molar-refractivity contribution is 0.879. The summed E-state index contributed by atoms with van der Waals surface area (Å²) in [7, 11) is 0. The van der Waals surface area contributed by atoms with Crippen molar-refractivity contribution in [2.75, 3.05) is 0 Å². The topological polar surface area (TPSA) is 72.3 Å². The average molecular weight is 322 g/mol. The molecule has 0 unspecified atom stereocenters. The van der Waals surface area contributed by atoms with E-state index in [4.69, 9.17) is 4.98 Å². The van der Waals surface area contributed by atoms with E-state index in [-0.39, 0.29) is 0 Å². The van der Waals surface area contributed by atoms with Gasteiger partial charge in [0.1, 0.15) is 11.3 Å². The molecule has 0 spiro atoms. The third-order valence-electron chi connectivity index (χ3n) is 3.71. The predicted octanol–water partition coefficient (Wildman–Crippen LogP) is 3.40. The summed E-state index contributed by atoms with van der Waals surface area (Å²) in [6.07, 6.45) is 3.29.